The van der Waals surface area contributed by atoms with Crippen molar-refractivity contribution < 1.29 is 19.4 Å². The van der Waals surface area contributed by atoms with Gasteiger partial charge >= 0.3 is 5.97 Å². The van der Waals surface area contributed by atoms with E-state index < -0.39 is 33.1 Å². The molecule has 2 atom stereocenters. The van der Waals surface area contributed by atoms with Crippen LogP contribution in [0.4, 0.5) is 11.4 Å². The number of nitrogens with two attached hydrogens (primary N) is 1. The highest BCUT2D eigenvalue weighted by atomic mass is 16.6. The zero-order valence-electron chi connectivity index (χ0n) is 12.3. The molecule has 0 aliphatic heterocycles. The molecule has 23 heavy (non-hydrogen) atoms. The van der Waals surface area contributed by atoms with Gasteiger partial charge in [-0.25, -0.2) is 0 Å². The second kappa shape index (κ2) is 7.14. The number of nitro groups is 2. The van der Waals surface area contributed by atoms with Crippen LogP contribution in [0.1, 0.15) is 31.2 Å². The summed E-state index contributed by atoms with van der Waals surface area (Å²) in [4.78, 5) is 32.2. The van der Waals surface area contributed by atoms with E-state index in [-0.39, 0.29) is 18.2 Å². The quantitative estimate of drug-likeness (QED) is 0.497. The first-order valence-corrected chi connectivity index (χ1v) is 7.23. The molecular weight excluding hydrogens is 306 g/mol. The highest BCUT2D eigenvalue weighted by Gasteiger charge is 2.29. The first-order chi connectivity index (χ1) is 10.9. The number of nitrogens with zero attached hydrogens (tertiary/aromatic N) is 2. The smallest absolute Gasteiger partial charge is 0.310 e. The van der Waals surface area contributed by atoms with Crippen LogP contribution in [0.5, 0.6) is 0 Å². The van der Waals surface area contributed by atoms with Gasteiger partial charge in [0.05, 0.1) is 21.8 Å². The van der Waals surface area contributed by atoms with Crippen molar-refractivity contribution in [1.82, 2.24) is 0 Å². The van der Waals surface area contributed by atoms with E-state index in [2.05, 4.69) is 0 Å². The molecule has 1 aliphatic carbocycles. The first kappa shape index (κ1) is 16.8. The summed E-state index contributed by atoms with van der Waals surface area (Å²) in [5, 5.41) is 21.6. The van der Waals surface area contributed by atoms with Crippen LogP contribution in [-0.2, 0) is 16.1 Å². The van der Waals surface area contributed by atoms with E-state index in [1.807, 2.05) is 0 Å². The van der Waals surface area contributed by atoms with Crippen molar-refractivity contribution in [3.8, 4) is 0 Å². The third-order valence-corrected chi connectivity index (χ3v) is 3.89. The molecular formula is C14H17N3O6. The lowest BCUT2D eigenvalue weighted by molar-refractivity contribution is -0.394. The van der Waals surface area contributed by atoms with E-state index >= 15 is 0 Å². The molecule has 0 heterocycles. The zero-order valence-corrected chi connectivity index (χ0v) is 12.3. The number of nitro benzene ring substituents is 2. The van der Waals surface area contributed by atoms with Crippen molar-refractivity contribution in [3.05, 3.63) is 44.0 Å². The SMILES string of the molecule is NC1CCCCC1C(=O)OCc1cc([N+](=O)[O-])cc([N+](=O)[O-])c1. The van der Waals surface area contributed by atoms with E-state index in [0.717, 1.165) is 37.5 Å². The number of ether oxygens (including phenoxy) is 1. The summed E-state index contributed by atoms with van der Waals surface area (Å²) >= 11 is 0. The Balaban J connectivity index is 2.08. The Morgan fingerprint density at radius 3 is 2.22 bits per heavy atom. The lowest BCUT2D eigenvalue weighted by Gasteiger charge is -2.26. The number of esters is 1. The number of non-ortho nitro benzene ring substituents is 2. The summed E-state index contributed by atoms with van der Waals surface area (Å²) in [6, 6.07) is 2.92. The van der Waals surface area contributed by atoms with Gasteiger partial charge in [-0.3, -0.25) is 25.0 Å². The highest BCUT2D eigenvalue weighted by molar-refractivity contribution is 5.73. The van der Waals surface area contributed by atoms with Gasteiger partial charge in [-0.15, -0.1) is 0 Å². The van der Waals surface area contributed by atoms with Gasteiger partial charge in [-0.2, -0.15) is 0 Å². The number of hydrogen-bond acceptors (Lipinski definition) is 7. The van der Waals surface area contributed by atoms with Gasteiger partial charge in [-0.1, -0.05) is 12.8 Å². The molecule has 1 aliphatic rings. The van der Waals surface area contributed by atoms with Crippen molar-refractivity contribution in [2.24, 2.45) is 11.7 Å². The highest BCUT2D eigenvalue weighted by Crippen LogP contribution is 2.26. The van der Waals surface area contributed by atoms with Crippen molar-refractivity contribution in [2.75, 3.05) is 0 Å². The van der Waals surface area contributed by atoms with Crippen LogP contribution in [0, 0.1) is 26.1 Å². The molecule has 1 fully saturated rings. The van der Waals surface area contributed by atoms with E-state index in [1.54, 1.807) is 0 Å². The van der Waals surface area contributed by atoms with E-state index in [4.69, 9.17) is 10.5 Å². The third-order valence-electron chi connectivity index (χ3n) is 3.89. The Morgan fingerprint density at radius 2 is 1.70 bits per heavy atom. The molecule has 2 unspecified atom stereocenters. The summed E-state index contributed by atoms with van der Waals surface area (Å²) in [6.07, 6.45) is 3.27. The maximum atomic E-state index is 12.0. The molecule has 2 rings (SSSR count). The summed E-state index contributed by atoms with van der Waals surface area (Å²) in [6.45, 7) is -0.259. The number of carbonyl (C=O) groups is 1. The van der Waals surface area contributed by atoms with Crippen LogP contribution < -0.4 is 5.73 Å². The number of carbonyl (C=O) groups excluding carboxylic acids is 1. The van der Waals surface area contributed by atoms with Gasteiger partial charge in [0.2, 0.25) is 0 Å². The molecule has 1 saturated carbocycles. The fourth-order valence-corrected chi connectivity index (χ4v) is 2.66. The minimum absolute atomic E-state index is 0.198. The van der Waals surface area contributed by atoms with Crippen LogP contribution >= 0.6 is 0 Å². The lowest BCUT2D eigenvalue weighted by Crippen LogP contribution is -2.38. The molecule has 9 nitrogen and oxygen atoms in total. The fourth-order valence-electron chi connectivity index (χ4n) is 2.66. The van der Waals surface area contributed by atoms with Crippen molar-refractivity contribution >= 4 is 17.3 Å². The van der Waals surface area contributed by atoms with E-state index in [9.17, 15) is 25.0 Å². The average molecular weight is 323 g/mol. The minimum Gasteiger partial charge on any atom is -0.461 e. The molecule has 0 spiro atoms. The molecule has 0 aromatic heterocycles. The largest absolute Gasteiger partial charge is 0.461 e. The molecule has 1 aromatic carbocycles. The monoisotopic (exact) mass is 323 g/mol. The topological polar surface area (TPSA) is 139 Å². The predicted octanol–water partition coefficient (Wildman–Crippen LogP) is 2.06. The van der Waals surface area contributed by atoms with Gasteiger partial charge in [0.15, 0.2) is 0 Å². The Hall–Kier alpha value is -2.55. The molecule has 9 heteroatoms. The zero-order chi connectivity index (χ0) is 17.0. The fraction of sp³-hybridized carbons (Fsp3) is 0.500. The van der Waals surface area contributed by atoms with Crippen LogP contribution in [0.3, 0.4) is 0 Å². The molecule has 1 aromatic rings. The van der Waals surface area contributed by atoms with Crippen LogP contribution in [0.2, 0.25) is 0 Å². The maximum absolute atomic E-state index is 12.0. The lowest BCUT2D eigenvalue weighted by atomic mass is 9.85. The summed E-state index contributed by atoms with van der Waals surface area (Å²) < 4.78 is 5.14. The van der Waals surface area contributed by atoms with Gasteiger partial charge in [-0.05, 0) is 12.8 Å². The van der Waals surface area contributed by atoms with Gasteiger partial charge in [0, 0.05) is 23.7 Å². The summed E-state index contributed by atoms with van der Waals surface area (Å²) in [5.41, 5.74) is 5.26. The normalized spacial score (nSPS) is 20.7. The van der Waals surface area contributed by atoms with E-state index in [0.29, 0.717) is 6.42 Å². The van der Waals surface area contributed by atoms with Crippen LogP contribution in [0.15, 0.2) is 18.2 Å². The Bertz CT molecular complexity index is 601. The Kier molecular flexibility index (Phi) is 5.22. The maximum Gasteiger partial charge on any atom is 0.310 e. The Labute approximate surface area is 131 Å². The molecule has 0 radical (unpaired) electrons. The van der Waals surface area contributed by atoms with Crippen molar-refractivity contribution in [3.63, 3.8) is 0 Å². The summed E-state index contributed by atoms with van der Waals surface area (Å²) in [7, 11) is 0. The van der Waals surface area contributed by atoms with Crippen molar-refractivity contribution in [2.45, 2.75) is 38.3 Å². The second-order valence-corrected chi connectivity index (χ2v) is 5.53. The first-order valence-electron chi connectivity index (χ1n) is 7.23. The molecule has 0 saturated heterocycles. The molecule has 0 amide bonds. The molecule has 2 N–H and O–H groups in total. The predicted molar refractivity (Wildman–Crippen MR) is 79.5 cm³/mol. The Morgan fingerprint density at radius 1 is 1.13 bits per heavy atom. The minimum atomic E-state index is -0.727. The van der Waals surface area contributed by atoms with E-state index in [1.165, 1.54) is 0 Å². The summed E-state index contributed by atoms with van der Waals surface area (Å²) in [5.74, 6) is -0.858. The van der Waals surface area contributed by atoms with Gasteiger partial charge < -0.3 is 10.5 Å². The molecule has 0 bridgehead atoms. The standard InChI is InChI=1S/C14H17N3O6/c15-13-4-2-1-3-12(13)14(18)23-8-9-5-10(16(19)20)7-11(6-9)17(21)22/h5-7,12-13H,1-4,8,15H2. The molecule has 124 valence electrons. The third kappa shape index (κ3) is 4.22. The second-order valence-electron chi connectivity index (χ2n) is 5.53. The van der Waals surface area contributed by atoms with Crippen LogP contribution in [-0.4, -0.2) is 21.9 Å². The van der Waals surface area contributed by atoms with Gasteiger partial charge in [0.25, 0.3) is 11.4 Å². The van der Waals surface area contributed by atoms with Crippen molar-refractivity contribution in [1.29, 1.82) is 0 Å². The number of benzene rings is 1. The number of rotatable bonds is 5. The van der Waals surface area contributed by atoms with Crippen LogP contribution in [0.25, 0.3) is 0 Å². The van der Waals surface area contributed by atoms with Gasteiger partial charge in [0.1, 0.15) is 6.61 Å². The average Bonchev–Trinajstić information content (AvgIpc) is 2.52. The number of hydrogen-bond donors (Lipinski definition) is 1.